The van der Waals surface area contributed by atoms with Gasteiger partial charge in [-0.1, -0.05) is 45.9 Å². The Labute approximate surface area is 161 Å². The molecule has 0 aliphatic carbocycles. The summed E-state index contributed by atoms with van der Waals surface area (Å²) in [7, 11) is 0. The highest BCUT2D eigenvalue weighted by Crippen LogP contribution is 2.36. The first-order valence-electron chi connectivity index (χ1n) is 7.24. The monoisotopic (exact) mass is 429 g/mol. The predicted molar refractivity (Wildman–Crippen MR) is 105 cm³/mol. The van der Waals surface area contributed by atoms with Gasteiger partial charge in [0, 0.05) is 20.5 Å². The molecule has 0 radical (unpaired) electrons. The zero-order chi connectivity index (χ0) is 17.8. The average molecular weight is 430 g/mol. The molecule has 0 unspecified atom stereocenters. The van der Waals surface area contributed by atoms with Crippen molar-refractivity contribution >= 4 is 44.9 Å². The number of carbonyl (C=O) groups is 1. The lowest BCUT2D eigenvalue weighted by Gasteiger charge is -2.11. The van der Waals surface area contributed by atoms with E-state index in [1.54, 1.807) is 11.3 Å². The van der Waals surface area contributed by atoms with Crippen LogP contribution in [0.4, 0.5) is 0 Å². The van der Waals surface area contributed by atoms with Crippen LogP contribution in [0.15, 0.2) is 57.3 Å². The molecule has 124 valence electrons. The maximum absolute atomic E-state index is 11.2. The van der Waals surface area contributed by atoms with E-state index in [0.29, 0.717) is 10.6 Å². The highest BCUT2D eigenvalue weighted by atomic mass is 79.9. The van der Waals surface area contributed by atoms with Crippen molar-refractivity contribution in [3.8, 4) is 27.8 Å². The Morgan fingerprint density at radius 3 is 2.68 bits per heavy atom. The van der Waals surface area contributed by atoms with Gasteiger partial charge in [-0.25, -0.2) is 4.98 Å². The summed E-state index contributed by atoms with van der Waals surface area (Å²) in [5.41, 5.74) is 8.23. The zero-order valence-corrected chi connectivity index (χ0v) is 16.1. The lowest BCUT2D eigenvalue weighted by Crippen LogP contribution is -2.13. The lowest BCUT2D eigenvalue weighted by atomic mass is 10.0. The molecular weight excluding hydrogens is 418 g/mol. The molecule has 0 aliphatic heterocycles. The van der Waals surface area contributed by atoms with Gasteiger partial charge in [-0.05, 0) is 29.6 Å². The van der Waals surface area contributed by atoms with Gasteiger partial charge in [0.15, 0.2) is 0 Å². The number of thioether (sulfide) groups is 1. The van der Waals surface area contributed by atoms with Gasteiger partial charge in [-0.3, -0.25) is 4.79 Å². The van der Waals surface area contributed by atoms with Crippen molar-refractivity contribution in [3.05, 3.63) is 57.9 Å². The van der Waals surface area contributed by atoms with Crippen molar-refractivity contribution < 1.29 is 4.79 Å². The Morgan fingerprint density at radius 2 is 2.08 bits per heavy atom. The molecule has 4 nitrogen and oxygen atoms in total. The van der Waals surface area contributed by atoms with Crippen LogP contribution in [-0.4, -0.2) is 16.6 Å². The fraction of sp³-hybridized carbons (Fsp3) is 0.0556. The predicted octanol–water partition coefficient (Wildman–Crippen LogP) is 4.69. The Balaban J connectivity index is 2.17. The quantitative estimate of drug-likeness (QED) is 0.596. The number of pyridine rings is 1. The Bertz CT molecular complexity index is 948. The SMILES string of the molecule is N#Cc1c(-c2cccs2)cc(-c2ccc(Br)cc2)nc1SCC(N)=O. The van der Waals surface area contributed by atoms with Crippen molar-refractivity contribution in [2.24, 2.45) is 5.73 Å². The summed E-state index contributed by atoms with van der Waals surface area (Å²) in [6.07, 6.45) is 0. The number of hydrogen-bond donors (Lipinski definition) is 1. The second-order valence-corrected chi connectivity index (χ2v) is 7.91. The van der Waals surface area contributed by atoms with Crippen LogP contribution in [0.1, 0.15) is 5.56 Å². The molecule has 3 rings (SSSR count). The molecule has 2 heterocycles. The van der Waals surface area contributed by atoms with Crippen LogP contribution in [0.3, 0.4) is 0 Å². The molecule has 1 amide bonds. The highest BCUT2D eigenvalue weighted by molar-refractivity contribution is 9.10. The molecule has 25 heavy (non-hydrogen) atoms. The number of hydrogen-bond acceptors (Lipinski definition) is 5. The van der Waals surface area contributed by atoms with Gasteiger partial charge in [0.05, 0.1) is 17.0 Å². The lowest BCUT2D eigenvalue weighted by molar-refractivity contribution is -0.115. The molecule has 0 bridgehead atoms. The van der Waals surface area contributed by atoms with Crippen molar-refractivity contribution in [3.63, 3.8) is 0 Å². The summed E-state index contributed by atoms with van der Waals surface area (Å²) in [4.78, 5) is 16.8. The number of nitriles is 1. The summed E-state index contributed by atoms with van der Waals surface area (Å²) in [6, 6.07) is 15.9. The molecular formula is C18H12BrN3OS2. The minimum absolute atomic E-state index is 0.0787. The number of aromatic nitrogens is 1. The number of primary amides is 1. The third-order valence-corrected chi connectivity index (χ3v) is 5.81. The summed E-state index contributed by atoms with van der Waals surface area (Å²) < 4.78 is 0.978. The van der Waals surface area contributed by atoms with Gasteiger partial charge >= 0.3 is 0 Å². The zero-order valence-electron chi connectivity index (χ0n) is 12.9. The first kappa shape index (κ1) is 17.7. The first-order chi connectivity index (χ1) is 12.1. The molecule has 3 aromatic rings. The summed E-state index contributed by atoms with van der Waals surface area (Å²) in [6.45, 7) is 0. The van der Waals surface area contributed by atoms with Crippen molar-refractivity contribution in [2.45, 2.75) is 5.03 Å². The van der Waals surface area contributed by atoms with Gasteiger partial charge in [0.1, 0.15) is 11.1 Å². The van der Waals surface area contributed by atoms with Crippen molar-refractivity contribution in [2.75, 3.05) is 5.75 Å². The van der Waals surface area contributed by atoms with Crippen molar-refractivity contribution in [1.82, 2.24) is 4.98 Å². The third-order valence-electron chi connectivity index (χ3n) is 3.38. The van der Waals surface area contributed by atoms with E-state index in [0.717, 1.165) is 26.2 Å². The van der Waals surface area contributed by atoms with Gasteiger partial charge in [-0.15, -0.1) is 11.3 Å². The number of nitrogens with two attached hydrogens (primary N) is 1. The number of nitrogens with zero attached hydrogens (tertiary/aromatic N) is 2. The number of rotatable bonds is 5. The maximum atomic E-state index is 11.2. The molecule has 1 aromatic carbocycles. The van der Waals surface area contributed by atoms with Crippen LogP contribution in [0.5, 0.6) is 0 Å². The van der Waals surface area contributed by atoms with Gasteiger partial charge in [-0.2, -0.15) is 5.26 Å². The molecule has 0 atom stereocenters. The van der Waals surface area contributed by atoms with E-state index in [1.807, 2.05) is 47.8 Å². The first-order valence-corrected chi connectivity index (χ1v) is 9.90. The topological polar surface area (TPSA) is 79.8 Å². The number of benzene rings is 1. The van der Waals surface area contributed by atoms with E-state index >= 15 is 0 Å². The molecule has 0 saturated carbocycles. The number of amides is 1. The van der Waals surface area contributed by atoms with E-state index < -0.39 is 5.91 Å². The van der Waals surface area contributed by atoms with Crippen LogP contribution in [0.25, 0.3) is 21.7 Å². The minimum atomic E-state index is -0.442. The average Bonchev–Trinajstić information content (AvgIpc) is 3.14. The molecule has 0 saturated heterocycles. The number of thiophene rings is 1. The highest BCUT2D eigenvalue weighted by Gasteiger charge is 2.17. The normalized spacial score (nSPS) is 10.4. The fourth-order valence-corrected chi connectivity index (χ4v) is 4.02. The smallest absolute Gasteiger partial charge is 0.227 e. The standard InChI is InChI=1S/C18H12BrN3OS2/c19-12-5-3-11(4-6-12)15-8-13(16-2-1-7-24-16)14(9-20)18(22-15)25-10-17(21)23/h1-8H,10H2,(H2,21,23). The fourth-order valence-electron chi connectivity index (χ4n) is 2.27. The van der Waals surface area contributed by atoms with Crippen LogP contribution >= 0.6 is 39.0 Å². The Kier molecular flexibility index (Phi) is 5.53. The van der Waals surface area contributed by atoms with E-state index in [-0.39, 0.29) is 5.75 Å². The second-order valence-electron chi connectivity index (χ2n) is 5.09. The molecule has 0 aliphatic rings. The van der Waals surface area contributed by atoms with Crippen LogP contribution in [-0.2, 0) is 4.79 Å². The largest absolute Gasteiger partial charge is 0.369 e. The number of halogens is 1. The van der Waals surface area contributed by atoms with Gasteiger partial charge < -0.3 is 5.73 Å². The van der Waals surface area contributed by atoms with Crippen molar-refractivity contribution in [1.29, 1.82) is 5.26 Å². The van der Waals surface area contributed by atoms with Gasteiger partial charge in [0.25, 0.3) is 0 Å². The molecule has 2 N–H and O–H groups in total. The minimum Gasteiger partial charge on any atom is -0.369 e. The van der Waals surface area contributed by atoms with Crippen LogP contribution in [0, 0.1) is 11.3 Å². The number of carbonyl (C=O) groups excluding carboxylic acids is 1. The molecule has 0 fully saturated rings. The maximum Gasteiger partial charge on any atom is 0.227 e. The van der Waals surface area contributed by atoms with E-state index in [4.69, 9.17) is 5.73 Å². The summed E-state index contributed by atoms with van der Waals surface area (Å²) in [5.74, 6) is -0.363. The van der Waals surface area contributed by atoms with Gasteiger partial charge in [0.2, 0.25) is 5.91 Å². The third kappa shape index (κ3) is 4.10. The van der Waals surface area contributed by atoms with E-state index in [2.05, 4.69) is 27.0 Å². The summed E-state index contributed by atoms with van der Waals surface area (Å²) >= 11 is 6.17. The Morgan fingerprint density at radius 1 is 1.32 bits per heavy atom. The molecule has 7 heteroatoms. The van der Waals surface area contributed by atoms with Crippen LogP contribution in [0.2, 0.25) is 0 Å². The Hall–Kier alpha value is -2.14. The molecule has 2 aromatic heterocycles. The molecule has 0 spiro atoms. The summed E-state index contributed by atoms with van der Waals surface area (Å²) in [5, 5.41) is 12.1. The van der Waals surface area contributed by atoms with Crippen LogP contribution < -0.4 is 5.73 Å². The van der Waals surface area contributed by atoms with E-state index in [1.165, 1.54) is 11.8 Å². The van der Waals surface area contributed by atoms with E-state index in [9.17, 15) is 10.1 Å². The second kappa shape index (κ2) is 7.83.